The molecule has 0 saturated heterocycles. The van der Waals surface area contributed by atoms with Crippen LogP contribution in [0.4, 0.5) is 13.2 Å². The standard InChI is InChI=1S/C22H18F3N3O4/c1-13(31-17-7-4-15-8-9-28(12-21(29)30)20(15)10-17)18-11-19(27-26-18)14-2-5-16(6-3-14)32-22(23,24)25/h2-11,13H,12H2,1H3,(H,26,27)(H,29,30). The number of halogens is 3. The Morgan fingerprint density at radius 1 is 1.12 bits per heavy atom. The van der Waals surface area contributed by atoms with Gasteiger partial charge in [0.15, 0.2) is 0 Å². The van der Waals surface area contributed by atoms with Crippen LogP contribution in [0, 0.1) is 0 Å². The van der Waals surface area contributed by atoms with E-state index in [-0.39, 0.29) is 12.3 Å². The Hall–Kier alpha value is -3.95. The maximum atomic E-state index is 12.3. The van der Waals surface area contributed by atoms with Crippen molar-refractivity contribution in [3.8, 4) is 22.8 Å². The topological polar surface area (TPSA) is 89.4 Å². The lowest BCUT2D eigenvalue weighted by Crippen LogP contribution is -2.16. The van der Waals surface area contributed by atoms with Gasteiger partial charge < -0.3 is 19.1 Å². The van der Waals surface area contributed by atoms with Crippen LogP contribution in [0.3, 0.4) is 0 Å². The third-order valence-electron chi connectivity index (χ3n) is 4.78. The van der Waals surface area contributed by atoms with Gasteiger partial charge in [0.25, 0.3) is 0 Å². The second-order valence-electron chi connectivity index (χ2n) is 7.10. The largest absolute Gasteiger partial charge is 0.573 e. The molecule has 32 heavy (non-hydrogen) atoms. The molecule has 7 nitrogen and oxygen atoms in total. The first kappa shape index (κ1) is 21.3. The van der Waals surface area contributed by atoms with Gasteiger partial charge in [0.1, 0.15) is 29.8 Å². The third kappa shape index (κ3) is 4.85. The lowest BCUT2D eigenvalue weighted by molar-refractivity contribution is -0.274. The quantitative estimate of drug-likeness (QED) is 0.411. The Morgan fingerprint density at radius 3 is 2.53 bits per heavy atom. The Labute approximate surface area is 180 Å². The van der Waals surface area contributed by atoms with Gasteiger partial charge in [-0.15, -0.1) is 13.2 Å². The highest BCUT2D eigenvalue weighted by molar-refractivity contribution is 5.83. The van der Waals surface area contributed by atoms with Crippen LogP contribution in [0.1, 0.15) is 18.7 Å². The number of aromatic nitrogens is 3. The second kappa shape index (κ2) is 8.29. The first-order valence-corrected chi connectivity index (χ1v) is 9.57. The van der Waals surface area contributed by atoms with Crippen LogP contribution < -0.4 is 9.47 Å². The number of fused-ring (bicyclic) bond motifs is 1. The lowest BCUT2D eigenvalue weighted by Gasteiger charge is -2.13. The number of carboxylic acids is 1. The first-order valence-electron chi connectivity index (χ1n) is 9.57. The van der Waals surface area contributed by atoms with Crippen molar-refractivity contribution >= 4 is 16.9 Å². The summed E-state index contributed by atoms with van der Waals surface area (Å²) in [4.78, 5) is 11.0. The first-order chi connectivity index (χ1) is 15.2. The fraction of sp³-hybridized carbons (Fsp3) is 0.182. The number of hydrogen-bond acceptors (Lipinski definition) is 4. The van der Waals surface area contributed by atoms with Crippen molar-refractivity contribution in [3.05, 3.63) is 66.5 Å². The van der Waals surface area contributed by atoms with Crippen molar-refractivity contribution in [3.63, 3.8) is 0 Å². The zero-order valence-corrected chi connectivity index (χ0v) is 16.8. The average Bonchev–Trinajstić information content (AvgIpc) is 3.35. The van der Waals surface area contributed by atoms with E-state index in [4.69, 9.17) is 9.84 Å². The van der Waals surface area contributed by atoms with Gasteiger partial charge in [0, 0.05) is 12.3 Å². The summed E-state index contributed by atoms with van der Waals surface area (Å²) in [5.41, 5.74) is 2.58. The molecule has 0 saturated carbocycles. The molecule has 0 fully saturated rings. The molecule has 0 amide bonds. The molecule has 1 unspecified atom stereocenters. The maximum absolute atomic E-state index is 12.3. The van der Waals surface area contributed by atoms with E-state index < -0.39 is 18.4 Å². The molecule has 2 aromatic carbocycles. The number of hydrogen-bond donors (Lipinski definition) is 2. The summed E-state index contributed by atoms with van der Waals surface area (Å²) in [7, 11) is 0. The molecule has 0 aliphatic rings. The molecule has 4 rings (SSSR count). The Kier molecular flexibility index (Phi) is 5.52. The number of carboxylic acid groups (broad SMARTS) is 1. The number of nitrogens with zero attached hydrogens (tertiary/aromatic N) is 2. The summed E-state index contributed by atoms with van der Waals surface area (Å²) >= 11 is 0. The zero-order valence-electron chi connectivity index (χ0n) is 16.8. The van der Waals surface area contributed by atoms with Gasteiger partial charge in [-0.2, -0.15) is 5.10 Å². The summed E-state index contributed by atoms with van der Waals surface area (Å²) in [5.74, 6) is -0.696. The number of alkyl halides is 3. The van der Waals surface area contributed by atoms with Gasteiger partial charge in [-0.25, -0.2) is 0 Å². The Bertz CT molecular complexity index is 1250. The molecule has 0 radical (unpaired) electrons. The minimum Gasteiger partial charge on any atom is -0.484 e. The summed E-state index contributed by atoms with van der Waals surface area (Å²) in [5, 5.41) is 17.0. The van der Waals surface area contributed by atoms with Crippen molar-refractivity contribution in [2.24, 2.45) is 0 Å². The average molecular weight is 445 g/mol. The van der Waals surface area contributed by atoms with E-state index in [2.05, 4.69) is 14.9 Å². The number of rotatable bonds is 7. The molecule has 4 aromatic rings. The molecule has 2 aromatic heterocycles. The van der Waals surface area contributed by atoms with Gasteiger partial charge in [-0.3, -0.25) is 9.89 Å². The van der Waals surface area contributed by atoms with Gasteiger partial charge in [0.05, 0.1) is 11.2 Å². The minimum absolute atomic E-state index is 0.155. The molecule has 0 bridgehead atoms. The van der Waals surface area contributed by atoms with E-state index in [9.17, 15) is 18.0 Å². The smallest absolute Gasteiger partial charge is 0.484 e. The molecule has 10 heteroatoms. The summed E-state index contributed by atoms with van der Waals surface area (Å²) in [6, 6.07) is 14.4. The van der Waals surface area contributed by atoms with E-state index in [1.54, 1.807) is 35.9 Å². The summed E-state index contributed by atoms with van der Waals surface area (Å²) in [6.45, 7) is 1.65. The normalized spacial score (nSPS) is 12.6. The number of ether oxygens (including phenoxy) is 2. The van der Waals surface area contributed by atoms with Crippen molar-refractivity contribution in [1.82, 2.24) is 14.8 Å². The number of benzene rings is 2. The molecule has 0 aliphatic carbocycles. The molecular formula is C22H18F3N3O4. The van der Waals surface area contributed by atoms with Crippen LogP contribution in [-0.2, 0) is 11.3 Å². The monoisotopic (exact) mass is 445 g/mol. The molecule has 0 spiro atoms. The molecular weight excluding hydrogens is 427 g/mol. The Morgan fingerprint density at radius 2 is 1.84 bits per heavy atom. The molecule has 166 valence electrons. The number of aromatic amines is 1. The van der Waals surface area contributed by atoms with Gasteiger partial charge in [-0.05, 0) is 66.4 Å². The van der Waals surface area contributed by atoms with E-state index >= 15 is 0 Å². The van der Waals surface area contributed by atoms with E-state index in [0.29, 0.717) is 22.7 Å². The van der Waals surface area contributed by atoms with Crippen molar-refractivity contribution < 1.29 is 32.5 Å². The van der Waals surface area contributed by atoms with Crippen molar-refractivity contribution in [2.75, 3.05) is 0 Å². The highest BCUT2D eigenvalue weighted by atomic mass is 19.4. The lowest BCUT2D eigenvalue weighted by atomic mass is 10.1. The molecule has 2 heterocycles. The minimum atomic E-state index is -4.74. The maximum Gasteiger partial charge on any atom is 0.573 e. The number of nitrogens with one attached hydrogen (secondary N) is 1. The highest BCUT2D eigenvalue weighted by Crippen LogP contribution is 2.29. The number of aliphatic carboxylic acids is 1. The summed E-state index contributed by atoms with van der Waals surface area (Å²) in [6.07, 6.45) is -3.47. The van der Waals surface area contributed by atoms with E-state index in [0.717, 1.165) is 10.9 Å². The highest BCUT2D eigenvalue weighted by Gasteiger charge is 2.31. The molecule has 1 atom stereocenters. The Balaban J connectivity index is 1.48. The number of carbonyl (C=O) groups is 1. The summed E-state index contributed by atoms with van der Waals surface area (Å²) < 4.78 is 48.4. The molecule has 2 N–H and O–H groups in total. The van der Waals surface area contributed by atoms with Crippen LogP contribution in [-0.4, -0.2) is 32.2 Å². The van der Waals surface area contributed by atoms with E-state index in [1.165, 1.54) is 24.3 Å². The van der Waals surface area contributed by atoms with Crippen molar-refractivity contribution in [2.45, 2.75) is 25.9 Å². The number of H-pyrrole nitrogens is 1. The van der Waals surface area contributed by atoms with Crippen LogP contribution in [0.25, 0.3) is 22.2 Å². The van der Waals surface area contributed by atoms with Crippen LogP contribution in [0.2, 0.25) is 0 Å². The van der Waals surface area contributed by atoms with Crippen LogP contribution in [0.5, 0.6) is 11.5 Å². The predicted molar refractivity (Wildman–Crippen MR) is 109 cm³/mol. The van der Waals surface area contributed by atoms with Crippen molar-refractivity contribution in [1.29, 1.82) is 0 Å². The van der Waals surface area contributed by atoms with Crippen LogP contribution in [0.15, 0.2) is 60.8 Å². The fourth-order valence-corrected chi connectivity index (χ4v) is 3.31. The molecule has 0 aliphatic heterocycles. The fourth-order valence-electron chi connectivity index (χ4n) is 3.31. The van der Waals surface area contributed by atoms with E-state index in [1.807, 2.05) is 12.1 Å². The van der Waals surface area contributed by atoms with Gasteiger partial charge >= 0.3 is 12.3 Å². The SMILES string of the molecule is CC(Oc1ccc2ccn(CC(=O)O)c2c1)c1cc(-c2ccc(OC(F)(F)F)cc2)[nH]n1. The zero-order chi connectivity index (χ0) is 22.9. The second-order valence-corrected chi connectivity index (χ2v) is 7.10. The third-order valence-corrected chi connectivity index (χ3v) is 4.78. The van der Waals surface area contributed by atoms with Crippen LogP contribution >= 0.6 is 0 Å². The predicted octanol–water partition coefficient (Wildman–Crippen LogP) is 5.15. The van der Waals surface area contributed by atoms with Gasteiger partial charge in [0.2, 0.25) is 0 Å². The van der Waals surface area contributed by atoms with Gasteiger partial charge in [-0.1, -0.05) is 0 Å².